The van der Waals surface area contributed by atoms with E-state index in [1.807, 2.05) is 29.4 Å². The summed E-state index contributed by atoms with van der Waals surface area (Å²) in [7, 11) is 0. The zero-order valence-electron chi connectivity index (χ0n) is 14.7. The second kappa shape index (κ2) is 6.08. The molecular formula is C19H19N7O. The van der Waals surface area contributed by atoms with Gasteiger partial charge in [0.05, 0.1) is 17.3 Å². The Morgan fingerprint density at radius 3 is 2.89 bits per heavy atom. The lowest BCUT2D eigenvalue weighted by Gasteiger charge is -2.26. The molecule has 0 aromatic carbocycles. The molecule has 3 N–H and O–H groups in total. The number of pyridine rings is 1. The van der Waals surface area contributed by atoms with Gasteiger partial charge in [0.2, 0.25) is 5.95 Å². The molecular weight excluding hydrogens is 342 g/mol. The van der Waals surface area contributed by atoms with E-state index in [-0.39, 0.29) is 11.9 Å². The highest BCUT2D eigenvalue weighted by molar-refractivity contribution is 6.02. The van der Waals surface area contributed by atoms with Gasteiger partial charge in [0.25, 0.3) is 5.91 Å². The Morgan fingerprint density at radius 1 is 1.19 bits per heavy atom. The predicted octanol–water partition coefficient (Wildman–Crippen LogP) is 2.48. The number of nitrogens with zero attached hydrogens (tertiary/aromatic N) is 5. The smallest absolute Gasteiger partial charge is 0.257 e. The second-order valence-electron chi connectivity index (χ2n) is 6.85. The van der Waals surface area contributed by atoms with Gasteiger partial charge in [-0.1, -0.05) is 0 Å². The number of aromatic amines is 1. The number of aromatic nitrogens is 5. The summed E-state index contributed by atoms with van der Waals surface area (Å²) in [5.41, 5.74) is 9.72. The molecule has 0 spiro atoms. The first kappa shape index (κ1) is 15.8. The highest BCUT2D eigenvalue weighted by atomic mass is 16.2. The minimum absolute atomic E-state index is 0.0527. The number of rotatable bonds is 2. The summed E-state index contributed by atoms with van der Waals surface area (Å²) in [6, 6.07) is 3.96. The summed E-state index contributed by atoms with van der Waals surface area (Å²) in [6.45, 7) is 1.63. The van der Waals surface area contributed by atoms with Crippen molar-refractivity contribution in [1.82, 2.24) is 29.5 Å². The number of piperidine rings is 1. The first-order valence-electron chi connectivity index (χ1n) is 9.07. The Kier molecular flexibility index (Phi) is 3.56. The van der Waals surface area contributed by atoms with E-state index >= 15 is 0 Å². The van der Waals surface area contributed by atoms with Gasteiger partial charge in [-0.2, -0.15) is 10.1 Å². The third-order valence-electron chi connectivity index (χ3n) is 5.16. The number of nitrogens with one attached hydrogen (secondary N) is 1. The van der Waals surface area contributed by atoms with Crippen LogP contribution >= 0.6 is 0 Å². The zero-order chi connectivity index (χ0) is 18.4. The molecule has 27 heavy (non-hydrogen) atoms. The maximum Gasteiger partial charge on any atom is 0.257 e. The van der Waals surface area contributed by atoms with Crippen molar-refractivity contribution in [3.8, 4) is 11.1 Å². The van der Waals surface area contributed by atoms with Gasteiger partial charge in [-0.25, -0.2) is 9.50 Å². The predicted molar refractivity (Wildman–Crippen MR) is 102 cm³/mol. The Bertz CT molecular complexity index is 1150. The summed E-state index contributed by atoms with van der Waals surface area (Å²) in [5, 5.41) is 5.24. The summed E-state index contributed by atoms with van der Waals surface area (Å²) >= 11 is 0. The lowest BCUT2D eigenvalue weighted by atomic mass is 10.1. The van der Waals surface area contributed by atoms with Crippen molar-refractivity contribution in [2.24, 2.45) is 0 Å². The fourth-order valence-electron chi connectivity index (χ4n) is 3.74. The number of amides is 1. The van der Waals surface area contributed by atoms with E-state index in [9.17, 15) is 4.79 Å². The molecule has 0 radical (unpaired) electrons. The summed E-state index contributed by atoms with van der Waals surface area (Å²) in [5.74, 6) is 0.286. The molecule has 0 unspecified atom stereocenters. The lowest BCUT2D eigenvalue weighted by molar-refractivity contribution is 0.0726. The van der Waals surface area contributed by atoms with E-state index in [1.54, 1.807) is 16.9 Å². The molecule has 0 saturated carbocycles. The van der Waals surface area contributed by atoms with E-state index in [0.717, 1.165) is 48.0 Å². The van der Waals surface area contributed by atoms with Crippen LogP contribution in [0.15, 0.2) is 36.9 Å². The minimum atomic E-state index is 0.0527. The summed E-state index contributed by atoms with van der Waals surface area (Å²) in [6.07, 6.45) is 10.4. The second-order valence-corrected chi connectivity index (χ2v) is 6.85. The normalized spacial score (nSPS) is 14.9. The number of nitrogens with two attached hydrogens (primary N) is 1. The first-order valence-corrected chi connectivity index (χ1v) is 9.07. The number of likely N-dealkylation sites (tertiary alicyclic amines) is 1. The Labute approximate surface area is 155 Å². The lowest BCUT2D eigenvalue weighted by Crippen LogP contribution is -2.35. The molecule has 8 heteroatoms. The molecule has 1 amide bonds. The van der Waals surface area contributed by atoms with Crippen LogP contribution in [0.25, 0.3) is 27.7 Å². The summed E-state index contributed by atoms with van der Waals surface area (Å²) < 4.78 is 1.74. The number of nitrogen functional groups attached to an aromatic ring is 1. The Morgan fingerprint density at radius 2 is 2.04 bits per heavy atom. The number of carbonyl (C=O) groups excluding carboxylic acids is 1. The number of anilines is 1. The molecule has 0 aliphatic carbocycles. The van der Waals surface area contributed by atoms with Gasteiger partial charge in [-0.05, 0) is 37.0 Å². The molecule has 8 nitrogen and oxygen atoms in total. The van der Waals surface area contributed by atoms with E-state index in [1.165, 1.54) is 6.42 Å². The van der Waals surface area contributed by atoms with E-state index in [4.69, 9.17) is 5.73 Å². The van der Waals surface area contributed by atoms with Crippen LogP contribution < -0.4 is 5.73 Å². The van der Waals surface area contributed by atoms with Crippen LogP contribution in [-0.4, -0.2) is 48.5 Å². The van der Waals surface area contributed by atoms with Gasteiger partial charge in [-0.15, -0.1) is 0 Å². The van der Waals surface area contributed by atoms with Crippen LogP contribution in [-0.2, 0) is 0 Å². The molecule has 4 aromatic rings. The molecule has 0 atom stereocenters. The van der Waals surface area contributed by atoms with Gasteiger partial charge in [0, 0.05) is 42.6 Å². The molecule has 136 valence electrons. The molecule has 1 saturated heterocycles. The molecule has 1 aliphatic rings. The maximum absolute atomic E-state index is 13.0. The third kappa shape index (κ3) is 2.61. The minimum Gasteiger partial charge on any atom is -0.368 e. The average molecular weight is 361 g/mol. The quantitative estimate of drug-likeness (QED) is 0.571. The largest absolute Gasteiger partial charge is 0.368 e. The van der Waals surface area contributed by atoms with Crippen molar-refractivity contribution in [2.45, 2.75) is 19.3 Å². The van der Waals surface area contributed by atoms with Crippen LogP contribution in [0.5, 0.6) is 0 Å². The average Bonchev–Trinajstić information content (AvgIpc) is 3.31. The van der Waals surface area contributed by atoms with Crippen molar-refractivity contribution in [2.75, 3.05) is 18.8 Å². The van der Waals surface area contributed by atoms with Crippen LogP contribution in [0.3, 0.4) is 0 Å². The first-order chi connectivity index (χ1) is 13.2. The third-order valence-corrected chi connectivity index (χ3v) is 5.16. The van der Waals surface area contributed by atoms with Crippen molar-refractivity contribution in [3.05, 3.63) is 42.5 Å². The fraction of sp³-hybridized carbons (Fsp3) is 0.263. The van der Waals surface area contributed by atoms with E-state index < -0.39 is 0 Å². The van der Waals surface area contributed by atoms with Gasteiger partial charge in [0.1, 0.15) is 5.65 Å². The molecule has 5 rings (SSSR count). The standard InChI is InChI=1S/C19H19N7O/c20-19-22-10-14-13(9-21-17(14)24-19)12-4-7-26-16(8-12)15(11-23-26)18(27)25-5-2-1-3-6-25/h4,7-11H,1-3,5-6H2,(H3,20,21,22,24). The van der Waals surface area contributed by atoms with Crippen molar-refractivity contribution < 1.29 is 4.79 Å². The zero-order valence-corrected chi connectivity index (χ0v) is 14.7. The number of carbonyl (C=O) groups is 1. The molecule has 5 heterocycles. The van der Waals surface area contributed by atoms with Gasteiger partial charge < -0.3 is 15.6 Å². The van der Waals surface area contributed by atoms with Crippen molar-refractivity contribution in [3.63, 3.8) is 0 Å². The van der Waals surface area contributed by atoms with E-state index in [0.29, 0.717) is 11.2 Å². The van der Waals surface area contributed by atoms with Gasteiger partial charge in [0.15, 0.2) is 0 Å². The molecule has 1 aliphatic heterocycles. The SMILES string of the molecule is Nc1ncc2c(-c3ccn4ncc(C(=O)N5CCCCC5)c4c3)c[nH]c2n1. The van der Waals surface area contributed by atoms with Crippen LogP contribution in [0.1, 0.15) is 29.6 Å². The highest BCUT2D eigenvalue weighted by Crippen LogP contribution is 2.29. The number of fused-ring (bicyclic) bond motifs is 2. The van der Waals surface area contributed by atoms with Crippen LogP contribution in [0, 0.1) is 0 Å². The molecule has 1 fully saturated rings. The van der Waals surface area contributed by atoms with Gasteiger partial charge in [-0.3, -0.25) is 4.79 Å². The fourth-order valence-corrected chi connectivity index (χ4v) is 3.74. The number of hydrogen-bond donors (Lipinski definition) is 2. The van der Waals surface area contributed by atoms with Crippen molar-refractivity contribution in [1.29, 1.82) is 0 Å². The molecule has 4 aromatic heterocycles. The van der Waals surface area contributed by atoms with Crippen molar-refractivity contribution >= 4 is 28.4 Å². The maximum atomic E-state index is 13.0. The Balaban J connectivity index is 1.59. The molecule has 0 bridgehead atoms. The monoisotopic (exact) mass is 361 g/mol. The topological polar surface area (TPSA) is 105 Å². The highest BCUT2D eigenvalue weighted by Gasteiger charge is 2.22. The summed E-state index contributed by atoms with van der Waals surface area (Å²) in [4.78, 5) is 26.3. The van der Waals surface area contributed by atoms with Gasteiger partial charge >= 0.3 is 0 Å². The van der Waals surface area contributed by atoms with Crippen LogP contribution in [0.2, 0.25) is 0 Å². The Hall–Kier alpha value is -3.42. The number of H-pyrrole nitrogens is 1. The number of hydrogen-bond acceptors (Lipinski definition) is 5. The van der Waals surface area contributed by atoms with Crippen LogP contribution in [0.4, 0.5) is 5.95 Å². The van der Waals surface area contributed by atoms with E-state index in [2.05, 4.69) is 20.1 Å².